The maximum atomic E-state index is 12.6. The standard InChI is InChI=1S/C24H21ClN2O2S/c1-16-3-2-4-21(13-16)26-23(29)18-7-9-19(10-8-18)24-27(22(28)15-30-24)14-17-5-11-20(25)12-6-17/h2-13,24H,14-15H2,1H3,(H,26,29)/t24-/m1/s1. The maximum Gasteiger partial charge on any atom is 0.255 e. The van der Waals surface area contributed by atoms with Crippen molar-refractivity contribution in [3.63, 3.8) is 0 Å². The van der Waals surface area contributed by atoms with Crippen molar-refractivity contribution in [2.75, 3.05) is 11.1 Å². The molecule has 0 bridgehead atoms. The molecule has 1 atom stereocenters. The summed E-state index contributed by atoms with van der Waals surface area (Å²) in [5, 5.41) is 3.53. The molecule has 4 nitrogen and oxygen atoms in total. The van der Waals surface area contributed by atoms with Crippen LogP contribution in [-0.2, 0) is 11.3 Å². The summed E-state index contributed by atoms with van der Waals surface area (Å²) in [5.74, 6) is 0.412. The van der Waals surface area contributed by atoms with Crippen LogP contribution in [0.15, 0.2) is 72.8 Å². The highest BCUT2D eigenvalue weighted by atomic mass is 35.5. The Balaban J connectivity index is 1.47. The van der Waals surface area contributed by atoms with Gasteiger partial charge < -0.3 is 10.2 Å². The normalized spacial score (nSPS) is 16.0. The van der Waals surface area contributed by atoms with Gasteiger partial charge in [0.25, 0.3) is 5.91 Å². The van der Waals surface area contributed by atoms with Gasteiger partial charge in [-0.2, -0.15) is 0 Å². The quantitative estimate of drug-likeness (QED) is 0.560. The van der Waals surface area contributed by atoms with E-state index in [1.54, 1.807) is 11.8 Å². The molecule has 3 aromatic rings. The van der Waals surface area contributed by atoms with E-state index in [0.29, 0.717) is 22.9 Å². The Kier molecular flexibility index (Phi) is 6.11. The van der Waals surface area contributed by atoms with E-state index < -0.39 is 0 Å². The number of carbonyl (C=O) groups excluding carboxylic acids is 2. The molecule has 0 aromatic heterocycles. The minimum atomic E-state index is -0.152. The molecule has 0 saturated carbocycles. The number of nitrogens with zero attached hydrogens (tertiary/aromatic N) is 1. The fraction of sp³-hybridized carbons (Fsp3) is 0.167. The molecule has 1 fully saturated rings. The molecule has 3 aromatic carbocycles. The lowest BCUT2D eigenvalue weighted by Crippen LogP contribution is -2.27. The second kappa shape index (κ2) is 8.94. The summed E-state index contributed by atoms with van der Waals surface area (Å²) in [4.78, 5) is 26.9. The molecule has 1 heterocycles. The smallest absolute Gasteiger partial charge is 0.255 e. The highest BCUT2D eigenvalue weighted by Gasteiger charge is 2.32. The summed E-state index contributed by atoms with van der Waals surface area (Å²) in [6.45, 7) is 2.52. The third kappa shape index (κ3) is 4.69. The molecule has 0 aliphatic carbocycles. The van der Waals surface area contributed by atoms with Gasteiger partial charge in [-0.05, 0) is 60.0 Å². The molecule has 1 aliphatic rings. The van der Waals surface area contributed by atoms with Gasteiger partial charge in [0.1, 0.15) is 5.37 Å². The zero-order valence-electron chi connectivity index (χ0n) is 16.5. The zero-order chi connectivity index (χ0) is 21.1. The van der Waals surface area contributed by atoms with Crippen LogP contribution in [-0.4, -0.2) is 22.5 Å². The molecule has 0 spiro atoms. The molecular formula is C24H21ClN2O2S. The first-order valence-corrected chi connectivity index (χ1v) is 11.1. The van der Waals surface area contributed by atoms with Crippen molar-refractivity contribution in [1.29, 1.82) is 0 Å². The second-order valence-electron chi connectivity index (χ2n) is 7.26. The number of aryl methyl sites for hydroxylation is 1. The third-order valence-electron chi connectivity index (χ3n) is 4.97. The highest BCUT2D eigenvalue weighted by molar-refractivity contribution is 8.00. The minimum Gasteiger partial charge on any atom is -0.322 e. The number of hydrogen-bond acceptors (Lipinski definition) is 3. The van der Waals surface area contributed by atoms with Crippen LogP contribution in [0.5, 0.6) is 0 Å². The van der Waals surface area contributed by atoms with Gasteiger partial charge >= 0.3 is 0 Å². The van der Waals surface area contributed by atoms with Crippen molar-refractivity contribution >= 4 is 40.9 Å². The van der Waals surface area contributed by atoms with Crippen LogP contribution in [0.1, 0.15) is 32.4 Å². The van der Waals surface area contributed by atoms with E-state index in [1.807, 2.05) is 84.6 Å². The van der Waals surface area contributed by atoms with E-state index in [9.17, 15) is 9.59 Å². The molecule has 1 N–H and O–H groups in total. The molecule has 0 radical (unpaired) electrons. The fourth-order valence-electron chi connectivity index (χ4n) is 3.41. The summed E-state index contributed by atoms with van der Waals surface area (Å²) < 4.78 is 0. The molecule has 2 amide bonds. The molecule has 152 valence electrons. The average Bonchev–Trinajstić information content (AvgIpc) is 3.10. The van der Waals surface area contributed by atoms with Gasteiger partial charge in [0.15, 0.2) is 0 Å². The van der Waals surface area contributed by atoms with Crippen LogP contribution in [0.2, 0.25) is 5.02 Å². The lowest BCUT2D eigenvalue weighted by Gasteiger charge is -2.24. The minimum absolute atomic E-state index is 0.0675. The van der Waals surface area contributed by atoms with Gasteiger partial charge in [-0.15, -0.1) is 11.8 Å². The first-order valence-electron chi connectivity index (χ1n) is 9.63. The van der Waals surface area contributed by atoms with E-state index in [2.05, 4.69) is 5.32 Å². The number of amides is 2. The van der Waals surface area contributed by atoms with Crippen LogP contribution < -0.4 is 5.32 Å². The second-order valence-corrected chi connectivity index (χ2v) is 8.76. The average molecular weight is 437 g/mol. The van der Waals surface area contributed by atoms with Gasteiger partial charge in [0, 0.05) is 22.8 Å². The number of nitrogens with one attached hydrogen (secondary N) is 1. The summed E-state index contributed by atoms with van der Waals surface area (Å²) in [5.41, 5.74) is 4.49. The molecule has 4 rings (SSSR count). The Labute approximate surface area is 185 Å². The van der Waals surface area contributed by atoms with E-state index in [1.165, 1.54) is 0 Å². The van der Waals surface area contributed by atoms with Crippen LogP contribution >= 0.6 is 23.4 Å². The van der Waals surface area contributed by atoms with Gasteiger partial charge in [0.05, 0.1) is 5.75 Å². The van der Waals surface area contributed by atoms with Crippen LogP contribution in [0.25, 0.3) is 0 Å². The molecular weight excluding hydrogens is 416 g/mol. The Morgan fingerprint density at radius 1 is 1.10 bits per heavy atom. The first kappa shape index (κ1) is 20.5. The number of halogens is 1. The lowest BCUT2D eigenvalue weighted by molar-refractivity contribution is -0.128. The Morgan fingerprint density at radius 3 is 2.53 bits per heavy atom. The lowest BCUT2D eigenvalue weighted by atomic mass is 10.1. The highest BCUT2D eigenvalue weighted by Crippen LogP contribution is 2.39. The number of hydrogen-bond donors (Lipinski definition) is 1. The number of carbonyl (C=O) groups is 2. The fourth-order valence-corrected chi connectivity index (χ4v) is 4.73. The number of benzene rings is 3. The third-order valence-corrected chi connectivity index (χ3v) is 6.48. The SMILES string of the molecule is Cc1cccc(NC(=O)c2ccc([C@H]3SCC(=O)N3Cc3ccc(Cl)cc3)cc2)c1. The van der Waals surface area contributed by atoms with Gasteiger partial charge in [-0.1, -0.05) is 48.0 Å². The Morgan fingerprint density at radius 2 is 1.83 bits per heavy atom. The van der Waals surface area contributed by atoms with Crippen molar-refractivity contribution in [2.24, 2.45) is 0 Å². The van der Waals surface area contributed by atoms with Gasteiger partial charge in [0.2, 0.25) is 5.91 Å². The molecule has 30 heavy (non-hydrogen) atoms. The van der Waals surface area contributed by atoms with E-state index in [0.717, 1.165) is 22.4 Å². The summed E-state index contributed by atoms with van der Waals surface area (Å²) in [6.07, 6.45) is 0. The van der Waals surface area contributed by atoms with Crippen molar-refractivity contribution in [3.8, 4) is 0 Å². The maximum absolute atomic E-state index is 12.6. The Bertz CT molecular complexity index is 1070. The Hall–Kier alpha value is -2.76. The number of thioether (sulfide) groups is 1. The summed E-state index contributed by atoms with van der Waals surface area (Å²) in [6, 6.07) is 22.7. The van der Waals surface area contributed by atoms with Crippen molar-refractivity contribution in [1.82, 2.24) is 4.90 Å². The zero-order valence-corrected chi connectivity index (χ0v) is 18.0. The van der Waals surface area contributed by atoms with Crippen molar-refractivity contribution in [2.45, 2.75) is 18.8 Å². The van der Waals surface area contributed by atoms with Crippen LogP contribution in [0.4, 0.5) is 5.69 Å². The summed E-state index contributed by atoms with van der Waals surface area (Å²) >= 11 is 7.57. The predicted octanol–water partition coefficient (Wildman–Crippen LogP) is 5.67. The number of anilines is 1. The molecule has 1 aliphatic heterocycles. The molecule has 6 heteroatoms. The van der Waals surface area contributed by atoms with E-state index in [-0.39, 0.29) is 17.2 Å². The van der Waals surface area contributed by atoms with Crippen molar-refractivity contribution in [3.05, 3.63) is 100 Å². The monoisotopic (exact) mass is 436 g/mol. The van der Waals surface area contributed by atoms with Gasteiger partial charge in [-0.3, -0.25) is 9.59 Å². The molecule has 0 unspecified atom stereocenters. The van der Waals surface area contributed by atoms with Crippen LogP contribution in [0, 0.1) is 6.92 Å². The largest absolute Gasteiger partial charge is 0.322 e. The first-order chi connectivity index (χ1) is 14.5. The van der Waals surface area contributed by atoms with E-state index in [4.69, 9.17) is 11.6 Å². The molecule has 1 saturated heterocycles. The van der Waals surface area contributed by atoms with Crippen LogP contribution in [0.3, 0.4) is 0 Å². The topological polar surface area (TPSA) is 49.4 Å². The van der Waals surface area contributed by atoms with Gasteiger partial charge in [-0.25, -0.2) is 0 Å². The predicted molar refractivity (Wildman–Crippen MR) is 123 cm³/mol. The number of rotatable bonds is 5. The van der Waals surface area contributed by atoms with Crippen molar-refractivity contribution < 1.29 is 9.59 Å². The summed E-state index contributed by atoms with van der Waals surface area (Å²) in [7, 11) is 0. The van der Waals surface area contributed by atoms with E-state index >= 15 is 0 Å².